The molecule has 7 nitrogen and oxygen atoms in total. The van der Waals surface area contributed by atoms with Crippen molar-refractivity contribution in [2.24, 2.45) is 0 Å². The van der Waals surface area contributed by atoms with Crippen LogP contribution >= 0.6 is 0 Å². The molecule has 0 aliphatic carbocycles. The number of hydrogen-bond donors (Lipinski definition) is 2. The minimum Gasteiger partial charge on any atom is -0.386 e. The Kier molecular flexibility index (Phi) is 4.48. The van der Waals surface area contributed by atoms with E-state index in [0.717, 1.165) is 6.20 Å². The summed E-state index contributed by atoms with van der Waals surface area (Å²) >= 11 is 0. The number of aromatic nitrogens is 2. The summed E-state index contributed by atoms with van der Waals surface area (Å²) in [5, 5.41) is 17.0. The van der Waals surface area contributed by atoms with E-state index in [4.69, 9.17) is 4.52 Å². The van der Waals surface area contributed by atoms with Crippen LogP contribution in [0, 0.1) is 5.82 Å². The largest absolute Gasteiger partial charge is 0.386 e. The minimum atomic E-state index is -1.07. The van der Waals surface area contributed by atoms with Gasteiger partial charge in [-0.05, 0) is 18.6 Å². The van der Waals surface area contributed by atoms with Gasteiger partial charge in [0.05, 0.1) is 6.20 Å². The van der Waals surface area contributed by atoms with Gasteiger partial charge in [0.2, 0.25) is 0 Å². The van der Waals surface area contributed by atoms with Crippen LogP contribution in [0.3, 0.4) is 0 Å². The molecule has 0 aromatic carbocycles. The van der Waals surface area contributed by atoms with E-state index in [0.29, 0.717) is 37.5 Å². The first-order chi connectivity index (χ1) is 11.5. The van der Waals surface area contributed by atoms with Gasteiger partial charge in [-0.15, -0.1) is 0 Å². The second-order valence-corrected chi connectivity index (χ2v) is 5.95. The number of nitrogens with one attached hydrogen (secondary N) is 1. The summed E-state index contributed by atoms with van der Waals surface area (Å²) in [6.45, 7) is 2.89. The Morgan fingerprint density at radius 2 is 2.38 bits per heavy atom. The topological polar surface area (TPSA) is 91.5 Å². The second kappa shape index (κ2) is 6.56. The van der Waals surface area contributed by atoms with E-state index in [9.17, 15) is 14.3 Å². The summed E-state index contributed by atoms with van der Waals surface area (Å²) in [5.74, 6) is 0.445. The fourth-order valence-electron chi connectivity index (χ4n) is 2.67. The number of carbonyl (C=O) groups is 1. The van der Waals surface area contributed by atoms with Crippen LogP contribution in [0.2, 0.25) is 0 Å². The zero-order valence-corrected chi connectivity index (χ0v) is 13.3. The molecular weight excluding hydrogens is 315 g/mol. The van der Waals surface area contributed by atoms with E-state index < -0.39 is 11.4 Å². The average Bonchev–Trinajstić information content (AvgIpc) is 3.21. The van der Waals surface area contributed by atoms with Gasteiger partial charge in [-0.1, -0.05) is 12.1 Å². The molecule has 2 aromatic heterocycles. The van der Waals surface area contributed by atoms with E-state index in [-0.39, 0.29) is 18.1 Å². The normalized spacial score (nSPS) is 20.4. The standard InChI is InChI=1S/C16H19FN4O3/c1-2-12-7-13(20-24-12)15(22)19-9-16(23)5-6-21(10-16)14-4-3-11(17)8-18-14/h3-4,7-8,23H,2,5-6,9-10H2,1H3,(H,19,22)/t16-/m0/s1. The van der Waals surface area contributed by atoms with Crippen molar-refractivity contribution in [3.8, 4) is 0 Å². The van der Waals surface area contributed by atoms with Gasteiger partial charge in [0.25, 0.3) is 5.91 Å². The van der Waals surface area contributed by atoms with Crippen molar-refractivity contribution in [3.05, 3.63) is 41.7 Å². The summed E-state index contributed by atoms with van der Waals surface area (Å²) in [4.78, 5) is 17.9. The Balaban J connectivity index is 1.57. The predicted molar refractivity (Wildman–Crippen MR) is 84.2 cm³/mol. The van der Waals surface area contributed by atoms with Gasteiger partial charge in [-0.2, -0.15) is 0 Å². The van der Waals surface area contributed by atoms with Crippen LogP contribution in [0.4, 0.5) is 10.2 Å². The van der Waals surface area contributed by atoms with E-state index in [1.165, 1.54) is 6.07 Å². The van der Waals surface area contributed by atoms with Crippen molar-refractivity contribution in [3.63, 3.8) is 0 Å². The van der Waals surface area contributed by atoms with Crippen molar-refractivity contribution in [1.82, 2.24) is 15.5 Å². The van der Waals surface area contributed by atoms with Crippen molar-refractivity contribution in [2.45, 2.75) is 25.4 Å². The molecule has 1 saturated heterocycles. The highest BCUT2D eigenvalue weighted by Gasteiger charge is 2.37. The molecule has 1 atom stereocenters. The highest BCUT2D eigenvalue weighted by Crippen LogP contribution is 2.25. The Bertz CT molecular complexity index is 718. The molecule has 128 valence electrons. The van der Waals surface area contributed by atoms with Crippen molar-refractivity contribution in [1.29, 1.82) is 0 Å². The number of aryl methyl sites for hydroxylation is 1. The molecular formula is C16H19FN4O3. The number of pyridine rings is 1. The van der Waals surface area contributed by atoms with Gasteiger partial charge in [-0.3, -0.25) is 4.79 Å². The molecule has 1 amide bonds. The SMILES string of the molecule is CCc1cc(C(=O)NC[C@@]2(O)CCN(c3ccc(F)cn3)C2)no1. The number of hydrogen-bond acceptors (Lipinski definition) is 6. The molecule has 1 aliphatic rings. The van der Waals surface area contributed by atoms with Crippen molar-refractivity contribution in [2.75, 3.05) is 24.5 Å². The summed E-state index contributed by atoms with van der Waals surface area (Å²) in [6, 6.07) is 4.49. The molecule has 2 aromatic rings. The lowest BCUT2D eigenvalue weighted by atomic mass is 10.0. The fraction of sp³-hybridized carbons (Fsp3) is 0.438. The van der Waals surface area contributed by atoms with Crippen LogP contribution < -0.4 is 10.2 Å². The number of nitrogens with zero attached hydrogens (tertiary/aromatic N) is 3. The first-order valence-corrected chi connectivity index (χ1v) is 7.82. The lowest BCUT2D eigenvalue weighted by molar-refractivity contribution is 0.0573. The first-order valence-electron chi connectivity index (χ1n) is 7.82. The zero-order chi connectivity index (χ0) is 17.2. The Morgan fingerprint density at radius 1 is 1.54 bits per heavy atom. The average molecular weight is 334 g/mol. The molecule has 0 bridgehead atoms. The smallest absolute Gasteiger partial charge is 0.273 e. The van der Waals surface area contributed by atoms with E-state index in [1.807, 2.05) is 11.8 Å². The van der Waals surface area contributed by atoms with Crippen LogP contribution in [0.25, 0.3) is 0 Å². The third kappa shape index (κ3) is 3.53. The molecule has 0 radical (unpaired) electrons. The Labute approximate surface area is 138 Å². The van der Waals surface area contributed by atoms with Crippen LogP contribution in [0.15, 0.2) is 28.9 Å². The van der Waals surface area contributed by atoms with Crippen molar-refractivity contribution >= 4 is 11.7 Å². The van der Waals surface area contributed by atoms with E-state index >= 15 is 0 Å². The van der Waals surface area contributed by atoms with Crippen LogP contribution in [-0.2, 0) is 6.42 Å². The first kappa shape index (κ1) is 16.4. The Hall–Kier alpha value is -2.48. The van der Waals surface area contributed by atoms with Gasteiger partial charge in [0, 0.05) is 32.1 Å². The summed E-state index contributed by atoms with van der Waals surface area (Å²) in [6.07, 6.45) is 2.28. The molecule has 3 rings (SSSR count). The molecule has 0 unspecified atom stereocenters. The highest BCUT2D eigenvalue weighted by atomic mass is 19.1. The number of anilines is 1. The van der Waals surface area contributed by atoms with Crippen LogP contribution in [-0.4, -0.2) is 46.4 Å². The van der Waals surface area contributed by atoms with Crippen molar-refractivity contribution < 1.29 is 18.8 Å². The highest BCUT2D eigenvalue weighted by molar-refractivity contribution is 5.92. The molecule has 2 N–H and O–H groups in total. The van der Waals surface area contributed by atoms with Crippen LogP contribution in [0.1, 0.15) is 29.6 Å². The third-order valence-electron chi connectivity index (χ3n) is 4.09. The molecule has 24 heavy (non-hydrogen) atoms. The van der Waals surface area contributed by atoms with Gasteiger partial charge < -0.3 is 19.8 Å². The number of amides is 1. The predicted octanol–water partition coefficient (Wildman–Crippen LogP) is 1.14. The molecule has 1 aliphatic heterocycles. The zero-order valence-electron chi connectivity index (χ0n) is 13.3. The monoisotopic (exact) mass is 334 g/mol. The number of β-amino-alcohol motifs (C(OH)–C–C–N with tert-alkyl or cyclic N) is 1. The van der Waals surface area contributed by atoms with Gasteiger partial charge in [0.15, 0.2) is 5.69 Å². The number of aliphatic hydroxyl groups is 1. The van der Waals surface area contributed by atoms with Crippen LogP contribution in [0.5, 0.6) is 0 Å². The molecule has 1 fully saturated rings. The quantitative estimate of drug-likeness (QED) is 0.852. The second-order valence-electron chi connectivity index (χ2n) is 5.95. The Morgan fingerprint density at radius 3 is 3.04 bits per heavy atom. The third-order valence-corrected chi connectivity index (χ3v) is 4.09. The molecule has 0 spiro atoms. The van der Waals surface area contributed by atoms with Gasteiger partial charge >= 0.3 is 0 Å². The maximum atomic E-state index is 12.9. The summed E-state index contributed by atoms with van der Waals surface area (Å²) < 4.78 is 17.9. The minimum absolute atomic E-state index is 0.0951. The summed E-state index contributed by atoms with van der Waals surface area (Å²) in [5.41, 5.74) is -0.867. The van der Waals surface area contributed by atoms with Gasteiger partial charge in [-0.25, -0.2) is 9.37 Å². The number of halogens is 1. The molecule has 3 heterocycles. The maximum absolute atomic E-state index is 12.9. The maximum Gasteiger partial charge on any atom is 0.273 e. The van der Waals surface area contributed by atoms with E-state index in [1.54, 1.807) is 12.1 Å². The lowest BCUT2D eigenvalue weighted by Gasteiger charge is -2.24. The molecule has 0 saturated carbocycles. The number of rotatable bonds is 5. The number of carbonyl (C=O) groups excluding carboxylic acids is 1. The molecule has 8 heteroatoms. The summed E-state index contributed by atoms with van der Waals surface area (Å²) in [7, 11) is 0. The lowest BCUT2D eigenvalue weighted by Crippen LogP contribution is -2.45. The van der Waals surface area contributed by atoms with E-state index in [2.05, 4.69) is 15.5 Å². The fourth-order valence-corrected chi connectivity index (χ4v) is 2.67. The van der Waals surface area contributed by atoms with Gasteiger partial charge in [0.1, 0.15) is 23.0 Å².